The first-order valence-corrected chi connectivity index (χ1v) is 9.56. The average Bonchev–Trinajstić information content (AvgIpc) is 2.56. The van der Waals surface area contributed by atoms with Crippen LogP contribution < -0.4 is 5.32 Å². The predicted molar refractivity (Wildman–Crippen MR) is 98.8 cm³/mol. The molecule has 1 aromatic rings. The maximum absolute atomic E-state index is 12.1. The van der Waals surface area contributed by atoms with Crippen LogP contribution in [0.3, 0.4) is 0 Å². The van der Waals surface area contributed by atoms with Crippen LogP contribution in [0.1, 0.15) is 50.3 Å². The van der Waals surface area contributed by atoms with Gasteiger partial charge in [-0.15, -0.1) is 0 Å². The Morgan fingerprint density at radius 2 is 2.12 bits per heavy atom. The highest BCUT2D eigenvalue weighted by molar-refractivity contribution is 5.79. The third kappa shape index (κ3) is 5.36. The van der Waals surface area contributed by atoms with Crippen LogP contribution in [0.4, 0.5) is 5.82 Å². The molecular formula is C20H29N3O2. The number of carbonyl (C=O) groups excluding carboxylic acids is 2. The summed E-state index contributed by atoms with van der Waals surface area (Å²) in [6, 6.07) is 4.32. The highest BCUT2D eigenvalue weighted by atomic mass is 16.1. The first-order valence-electron chi connectivity index (χ1n) is 9.56. The van der Waals surface area contributed by atoms with Crippen molar-refractivity contribution in [3.8, 4) is 0 Å². The minimum absolute atomic E-state index is 0.204. The second kappa shape index (κ2) is 8.56. The van der Waals surface area contributed by atoms with Crippen LogP contribution in [0, 0.1) is 5.92 Å². The molecule has 0 bridgehead atoms. The zero-order valence-electron chi connectivity index (χ0n) is 15.2. The zero-order chi connectivity index (χ0) is 17.6. The van der Waals surface area contributed by atoms with Gasteiger partial charge in [-0.3, -0.25) is 14.5 Å². The van der Waals surface area contributed by atoms with Gasteiger partial charge in [0.25, 0.3) is 0 Å². The Hall–Kier alpha value is -1.75. The molecule has 0 unspecified atom stereocenters. The molecule has 0 spiro atoms. The van der Waals surface area contributed by atoms with Crippen molar-refractivity contribution in [1.29, 1.82) is 0 Å². The number of Topliss-reactive ketones (excluding diaryl/α,β-unsaturated/α-hetero) is 2. The van der Waals surface area contributed by atoms with Crippen LogP contribution in [-0.2, 0) is 22.4 Å². The first kappa shape index (κ1) is 18.1. The average molecular weight is 343 g/mol. The van der Waals surface area contributed by atoms with E-state index in [2.05, 4.69) is 22.3 Å². The molecule has 1 saturated heterocycles. The summed E-state index contributed by atoms with van der Waals surface area (Å²) in [5.74, 6) is 2.09. The van der Waals surface area contributed by atoms with Crippen molar-refractivity contribution in [1.82, 2.24) is 9.88 Å². The fourth-order valence-electron chi connectivity index (χ4n) is 3.81. The van der Waals surface area contributed by atoms with Crippen LogP contribution >= 0.6 is 0 Å². The molecular weight excluding hydrogens is 314 g/mol. The van der Waals surface area contributed by atoms with Gasteiger partial charge in [0, 0.05) is 38.2 Å². The van der Waals surface area contributed by atoms with Crippen molar-refractivity contribution in [2.75, 3.05) is 31.5 Å². The summed E-state index contributed by atoms with van der Waals surface area (Å²) in [6.07, 6.45) is 6.55. The normalized spacial score (nSPS) is 17.5. The van der Waals surface area contributed by atoms with E-state index in [0.717, 1.165) is 56.8 Å². The molecule has 3 rings (SSSR count). The molecule has 0 atom stereocenters. The Kier molecular flexibility index (Phi) is 6.19. The molecule has 2 aliphatic heterocycles. The van der Waals surface area contributed by atoms with Gasteiger partial charge in [-0.05, 0) is 56.6 Å². The van der Waals surface area contributed by atoms with Gasteiger partial charge in [0.1, 0.15) is 17.4 Å². The van der Waals surface area contributed by atoms with Gasteiger partial charge >= 0.3 is 0 Å². The molecule has 0 radical (unpaired) electrons. The van der Waals surface area contributed by atoms with Gasteiger partial charge in [0.15, 0.2) is 0 Å². The second-order valence-corrected chi connectivity index (χ2v) is 7.55. The largest absolute Gasteiger partial charge is 0.370 e. The number of ketones is 2. The smallest absolute Gasteiger partial charge is 0.143 e. The monoisotopic (exact) mass is 343 g/mol. The van der Waals surface area contributed by atoms with E-state index in [0.29, 0.717) is 31.1 Å². The number of nitrogens with zero attached hydrogens (tertiary/aromatic N) is 2. The zero-order valence-corrected chi connectivity index (χ0v) is 15.2. The van der Waals surface area contributed by atoms with Crippen LogP contribution in [0.25, 0.3) is 0 Å². The Labute approximate surface area is 150 Å². The van der Waals surface area contributed by atoms with Crippen molar-refractivity contribution in [3.05, 3.63) is 23.4 Å². The van der Waals surface area contributed by atoms with Gasteiger partial charge in [-0.1, -0.05) is 6.07 Å². The summed E-state index contributed by atoms with van der Waals surface area (Å²) in [5.41, 5.74) is 2.45. The first-order chi connectivity index (χ1) is 12.1. The van der Waals surface area contributed by atoms with Gasteiger partial charge in [0.2, 0.25) is 0 Å². The van der Waals surface area contributed by atoms with E-state index in [-0.39, 0.29) is 5.78 Å². The molecule has 25 heavy (non-hydrogen) atoms. The quantitative estimate of drug-likeness (QED) is 0.699. The summed E-state index contributed by atoms with van der Waals surface area (Å²) in [6.45, 7) is 4.97. The summed E-state index contributed by atoms with van der Waals surface area (Å²) in [7, 11) is 0. The number of aromatic nitrogens is 1. The van der Waals surface area contributed by atoms with E-state index in [9.17, 15) is 9.59 Å². The number of fused-ring (bicyclic) bond motifs is 1. The molecule has 5 nitrogen and oxygen atoms in total. The SMILES string of the molecule is CC(=O)CN1CC(CC(=O)CCCCc2ccc3c(n2)NCCC3)C1. The number of likely N-dealkylation sites (tertiary alicyclic amines) is 1. The minimum Gasteiger partial charge on any atom is -0.370 e. The van der Waals surface area contributed by atoms with E-state index in [1.807, 2.05) is 0 Å². The van der Waals surface area contributed by atoms with E-state index in [1.165, 1.54) is 12.0 Å². The van der Waals surface area contributed by atoms with E-state index >= 15 is 0 Å². The molecule has 0 aromatic carbocycles. The van der Waals surface area contributed by atoms with Crippen molar-refractivity contribution < 1.29 is 9.59 Å². The maximum Gasteiger partial charge on any atom is 0.143 e. The van der Waals surface area contributed by atoms with Crippen LogP contribution in [0.15, 0.2) is 12.1 Å². The summed E-state index contributed by atoms with van der Waals surface area (Å²) in [4.78, 5) is 29.9. The lowest BCUT2D eigenvalue weighted by atomic mass is 9.92. The highest BCUT2D eigenvalue weighted by Gasteiger charge is 2.28. The lowest BCUT2D eigenvalue weighted by Crippen LogP contribution is -2.49. The molecule has 136 valence electrons. The number of hydrogen-bond donors (Lipinski definition) is 1. The molecule has 2 aliphatic rings. The van der Waals surface area contributed by atoms with Gasteiger partial charge in [-0.25, -0.2) is 4.98 Å². The Balaban J connectivity index is 1.30. The van der Waals surface area contributed by atoms with Crippen molar-refractivity contribution in [2.24, 2.45) is 5.92 Å². The summed E-state index contributed by atoms with van der Waals surface area (Å²) >= 11 is 0. The lowest BCUT2D eigenvalue weighted by Gasteiger charge is -2.38. The fraction of sp³-hybridized carbons (Fsp3) is 0.650. The standard InChI is InChI=1S/C20H29N3O2/c1-15(24)12-23-13-16(14-23)11-19(25)7-3-2-6-18-9-8-17-5-4-10-21-20(17)22-18/h8-9,16H,2-7,10-14H2,1H3,(H,21,22). The number of anilines is 1. The summed E-state index contributed by atoms with van der Waals surface area (Å²) < 4.78 is 0. The van der Waals surface area contributed by atoms with Crippen LogP contribution in [0.5, 0.6) is 0 Å². The Bertz CT molecular complexity index is 623. The Morgan fingerprint density at radius 1 is 1.28 bits per heavy atom. The molecule has 3 heterocycles. The van der Waals surface area contributed by atoms with E-state index in [1.54, 1.807) is 6.92 Å². The Morgan fingerprint density at radius 3 is 2.92 bits per heavy atom. The topological polar surface area (TPSA) is 62.3 Å². The summed E-state index contributed by atoms with van der Waals surface area (Å²) in [5, 5.41) is 3.37. The van der Waals surface area contributed by atoms with Gasteiger partial charge in [0.05, 0.1) is 6.54 Å². The number of hydrogen-bond acceptors (Lipinski definition) is 5. The van der Waals surface area contributed by atoms with E-state index in [4.69, 9.17) is 4.98 Å². The number of carbonyl (C=O) groups is 2. The second-order valence-electron chi connectivity index (χ2n) is 7.55. The minimum atomic E-state index is 0.204. The number of aryl methyl sites for hydroxylation is 2. The fourth-order valence-corrected chi connectivity index (χ4v) is 3.81. The maximum atomic E-state index is 12.1. The lowest BCUT2D eigenvalue weighted by molar-refractivity contribution is -0.122. The van der Waals surface area contributed by atoms with Crippen LogP contribution in [-0.4, -0.2) is 47.6 Å². The molecule has 5 heteroatoms. The third-order valence-electron chi connectivity index (χ3n) is 5.09. The van der Waals surface area contributed by atoms with Gasteiger partial charge in [-0.2, -0.15) is 0 Å². The molecule has 1 fully saturated rings. The van der Waals surface area contributed by atoms with Crippen molar-refractivity contribution in [2.45, 2.75) is 51.9 Å². The molecule has 0 amide bonds. The van der Waals surface area contributed by atoms with E-state index < -0.39 is 0 Å². The third-order valence-corrected chi connectivity index (χ3v) is 5.09. The molecule has 0 saturated carbocycles. The van der Waals surface area contributed by atoms with Crippen molar-refractivity contribution >= 4 is 17.4 Å². The van der Waals surface area contributed by atoms with Gasteiger partial charge < -0.3 is 5.32 Å². The number of rotatable bonds is 9. The predicted octanol–water partition coefficient (Wildman–Crippen LogP) is 2.63. The number of nitrogens with one attached hydrogen (secondary N) is 1. The number of unbranched alkanes of at least 4 members (excludes halogenated alkanes) is 1. The molecule has 0 aliphatic carbocycles. The van der Waals surface area contributed by atoms with Crippen molar-refractivity contribution in [3.63, 3.8) is 0 Å². The molecule has 1 N–H and O–H groups in total. The number of pyridine rings is 1. The molecule has 1 aromatic heterocycles. The van der Waals surface area contributed by atoms with Crippen LogP contribution in [0.2, 0.25) is 0 Å². The highest BCUT2D eigenvalue weighted by Crippen LogP contribution is 2.22.